The number of aromatic nitrogens is 3. The maximum atomic E-state index is 13.2. The second kappa shape index (κ2) is 6.14. The zero-order chi connectivity index (χ0) is 17.4. The molecule has 7 heteroatoms. The molecule has 0 radical (unpaired) electrons. The summed E-state index contributed by atoms with van der Waals surface area (Å²) in [5.74, 6) is 0.189. The number of anilines is 2. The predicted octanol–water partition coefficient (Wildman–Crippen LogP) is 5.13. The maximum absolute atomic E-state index is 13.2. The lowest BCUT2D eigenvalue weighted by atomic mass is 10.1. The smallest absolute Gasteiger partial charge is 0.263 e. The fourth-order valence-electron chi connectivity index (χ4n) is 2.54. The van der Waals surface area contributed by atoms with Crippen LogP contribution < -0.4 is 5.32 Å². The number of nitrogens with zero attached hydrogens (tertiary/aromatic N) is 3. The van der Waals surface area contributed by atoms with Crippen LogP contribution in [0.25, 0.3) is 22.4 Å². The van der Waals surface area contributed by atoms with Crippen LogP contribution in [0.1, 0.15) is 5.56 Å². The molecule has 0 amide bonds. The van der Waals surface area contributed by atoms with E-state index < -0.39 is 0 Å². The van der Waals surface area contributed by atoms with Gasteiger partial charge < -0.3 is 9.84 Å². The molecular formula is C18H12ClFN4O. The quantitative estimate of drug-likeness (QED) is 0.552. The minimum atomic E-state index is -0.322. The van der Waals surface area contributed by atoms with E-state index in [-0.39, 0.29) is 5.82 Å². The molecule has 25 heavy (non-hydrogen) atoms. The molecule has 4 rings (SSSR count). The van der Waals surface area contributed by atoms with Gasteiger partial charge in [0.05, 0.1) is 10.7 Å². The standard InChI is InChI=1S/C18H12ClFN4O/c1-10-2-7-14(13(19)8-10)23-17-15-16(11-3-5-12(20)6-4-11)24-25-18(15)22-9-21-17/h2-9H,1H3,(H,21,22,23). The van der Waals surface area contributed by atoms with Crippen LogP contribution in [-0.4, -0.2) is 15.1 Å². The molecule has 0 saturated heterocycles. The Kier molecular flexibility index (Phi) is 3.82. The number of halogens is 2. The lowest BCUT2D eigenvalue weighted by Crippen LogP contribution is -1.96. The number of rotatable bonds is 3. The van der Waals surface area contributed by atoms with E-state index in [4.69, 9.17) is 16.1 Å². The van der Waals surface area contributed by atoms with Crippen molar-refractivity contribution in [1.29, 1.82) is 0 Å². The molecule has 0 bridgehead atoms. The van der Waals surface area contributed by atoms with E-state index in [9.17, 15) is 4.39 Å². The SMILES string of the molecule is Cc1ccc(Nc2ncnc3onc(-c4ccc(F)cc4)c23)c(Cl)c1. The highest BCUT2D eigenvalue weighted by atomic mass is 35.5. The Labute approximate surface area is 147 Å². The van der Waals surface area contributed by atoms with Crippen LogP contribution in [0.2, 0.25) is 5.02 Å². The minimum absolute atomic E-state index is 0.322. The van der Waals surface area contributed by atoms with Gasteiger partial charge >= 0.3 is 0 Å². The first-order valence-corrected chi connectivity index (χ1v) is 7.89. The topological polar surface area (TPSA) is 63.8 Å². The molecule has 0 saturated carbocycles. The highest BCUT2D eigenvalue weighted by Crippen LogP contribution is 2.34. The Morgan fingerprint density at radius 3 is 2.64 bits per heavy atom. The van der Waals surface area contributed by atoms with Crippen LogP contribution >= 0.6 is 11.6 Å². The van der Waals surface area contributed by atoms with Gasteiger partial charge in [-0.05, 0) is 48.9 Å². The lowest BCUT2D eigenvalue weighted by molar-refractivity contribution is 0.451. The molecule has 0 aliphatic rings. The summed E-state index contributed by atoms with van der Waals surface area (Å²) in [5, 5.41) is 8.43. The van der Waals surface area contributed by atoms with Gasteiger partial charge in [0.2, 0.25) is 0 Å². The van der Waals surface area contributed by atoms with E-state index in [1.165, 1.54) is 18.5 Å². The molecule has 4 aromatic rings. The lowest BCUT2D eigenvalue weighted by Gasteiger charge is -2.09. The van der Waals surface area contributed by atoms with Crippen molar-refractivity contribution in [2.24, 2.45) is 0 Å². The second-order valence-corrected chi connectivity index (χ2v) is 5.96. The van der Waals surface area contributed by atoms with E-state index >= 15 is 0 Å². The van der Waals surface area contributed by atoms with Gasteiger partial charge in [-0.1, -0.05) is 22.8 Å². The van der Waals surface area contributed by atoms with Gasteiger partial charge in [0, 0.05) is 5.56 Å². The van der Waals surface area contributed by atoms with Crippen LogP contribution in [0.5, 0.6) is 0 Å². The highest BCUT2D eigenvalue weighted by molar-refractivity contribution is 6.33. The second-order valence-electron chi connectivity index (χ2n) is 5.55. The average molecular weight is 355 g/mol. The van der Waals surface area contributed by atoms with Crippen LogP contribution in [-0.2, 0) is 0 Å². The number of hydrogen-bond donors (Lipinski definition) is 1. The van der Waals surface area contributed by atoms with E-state index in [2.05, 4.69) is 20.4 Å². The number of nitrogens with one attached hydrogen (secondary N) is 1. The summed E-state index contributed by atoms with van der Waals surface area (Å²) < 4.78 is 18.5. The zero-order valence-corrected chi connectivity index (χ0v) is 13.9. The van der Waals surface area contributed by atoms with Gasteiger partial charge in [-0.15, -0.1) is 0 Å². The van der Waals surface area contributed by atoms with E-state index in [1.807, 2.05) is 25.1 Å². The normalized spacial score (nSPS) is 11.0. The van der Waals surface area contributed by atoms with Crippen LogP contribution in [0.4, 0.5) is 15.9 Å². The zero-order valence-electron chi connectivity index (χ0n) is 13.1. The monoisotopic (exact) mass is 354 g/mol. The molecule has 0 spiro atoms. The van der Waals surface area contributed by atoms with Gasteiger partial charge in [-0.3, -0.25) is 0 Å². The molecule has 5 nitrogen and oxygen atoms in total. The Bertz CT molecular complexity index is 1060. The fourth-order valence-corrected chi connectivity index (χ4v) is 2.82. The van der Waals surface area contributed by atoms with E-state index in [0.717, 1.165) is 5.56 Å². The Morgan fingerprint density at radius 1 is 1.08 bits per heavy atom. The van der Waals surface area contributed by atoms with Crippen LogP contribution in [0.3, 0.4) is 0 Å². The van der Waals surface area contributed by atoms with E-state index in [0.29, 0.717) is 38.9 Å². The van der Waals surface area contributed by atoms with E-state index in [1.54, 1.807) is 12.1 Å². The van der Waals surface area contributed by atoms with Crippen molar-refractivity contribution in [3.63, 3.8) is 0 Å². The summed E-state index contributed by atoms with van der Waals surface area (Å²) in [6, 6.07) is 11.7. The molecule has 0 aliphatic heterocycles. The van der Waals surface area contributed by atoms with Gasteiger partial charge in [0.1, 0.15) is 29.0 Å². The molecule has 2 heterocycles. The summed E-state index contributed by atoms with van der Waals surface area (Å²) in [5.41, 5.74) is 3.33. The molecule has 0 fully saturated rings. The Hall–Kier alpha value is -2.99. The third kappa shape index (κ3) is 2.92. The Morgan fingerprint density at radius 2 is 1.88 bits per heavy atom. The van der Waals surface area contributed by atoms with Crippen molar-refractivity contribution < 1.29 is 8.91 Å². The number of benzene rings is 2. The summed E-state index contributed by atoms with van der Waals surface area (Å²) >= 11 is 6.29. The molecule has 2 aromatic heterocycles. The fraction of sp³-hybridized carbons (Fsp3) is 0.0556. The van der Waals surface area contributed by atoms with Gasteiger partial charge in [0.25, 0.3) is 5.71 Å². The van der Waals surface area contributed by atoms with Crippen molar-refractivity contribution in [3.05, 3.63) is 65.2 Å². The predicted molar refractivity (Wildman–Crippen MR) is 94.5 cm³/mol. The average Bonchev–Trinajstić information content (AvgIpc) is 3.03. The molecule has 1 N–H and O–H groups in total. The minimum Gasteiger partial charge on any atom is -0.338 e. The largest absolute Gasteiger partial charge is 0.338 e. The molecule has 0 unspecified atom stereocenters. The van der Waals surface area contributed by atoms with Crippen LogP contribution in [0, 0.1) is 12.7 Å². The van der Waals surface area contributed by atoms with Crippen molar-refractivity contribution in [2.75, 3.05) is 5.32 Å². The summed E-state index contributed by atoms with van der Waals surface area (Å²) in [4.78, 5) is 8.38. The van der Waals surface area contributed by atoms with Crippen molar-refractivity contribution >= 4 is 34.2 Å². The number of hydrogen-bond acceptors (Lipinski definition) is 5. The first-order chi connectivity index (χ1) is 12.1. The molecule has 124 valence electrons. The number of fused-ring (bicyclic) bond motifs is 1. The van der Waals surface area contributed by atoms with Crippen LogP contribution in [0.15, 0.2) is 53.3 Å². The third-order valence-corrected chi connectivity index (χ3v) is 4.08. The first-order valence-electron chi connectivity index (χ1n) is 7.51. The summed E-state index contributed by atoms with van der Waals surface area (Å²) in [6.07, 6.45) is 1.38. The first kappa shape index (κ1) is 15.5. The maximum Gasteiger partial charge on any atom is 0.263 e. The van der Waals surface area contributed by atoms with Crippen molar-refractivity contribution in [2.45, 2.75) is 6.92 Å². The molecule has 2 aromatic carbocycles. The van der Waals surface area contributed by atoms with Gasteiger partial charge in [-0.2, -0.15) is 4.98 Å². The van der Waals surface area contributed by atoms with Crippen molar-refractivity contribution in [3.8, 4) is 11.3 Å². The Balaban J connectivity index is 1.84. The van der Waals surface area contributed by atoms with Gasteiger partial charge in [-0.25, -0.2) is 9.37 Å². The molecular weight excluding hydrogens is 343 g/mol. The highest BCUT2D eigenvalue weighted by Gasteiger charge is 2.17. The summed E-state index contributed by atoms with van der Waals surface area (Å²) in [6.45, 7) is 1.96. The van der Waals surface area contributed by atoms with Gasteiger partial charge in [0.15, 0.2) is 0 Å². The number of aryl methyl sites for hydroxylation is 1. The third-order valence-electron chi connectivity index (χ3n) is 3.77. The molecule has 0 aliphatic carbocycles. The molecule has 0 atom stereocenters. The van der Waals surface area contributed by atoms with Crippen molar-refractivity contribution in [1.82, 2.24) is 15.1 Å². The summed E-state index contributed by atoms with van der Waals surface area (Å²) in [7, 11) is 0.